The number of rotatable bonds is 6. The predicted molar refractivity (Wildman–Crippen MR) is 92.7 cm³/mol. The summed E-state index contributed by atoms with van der Waals surface area (Å²) in [6.45, 7) is 2.35. The van der Waals surface area contributed by atoms with E-state index in [1.165, 1.54) is 24.8 Å². The van der Waals surface area contributed by atoms with Crippen molar-refractivity contribution in [3.8, 4) is 0 Å². The average Bonchev–Trinajstić information content (AvgIpc) is 2.55. The number of aliphatic hydroxyl groups is 1. The number of thioether (sulfide) groups is 1. The molecular formula is C18H27NO2S. The third kappa shape index (κ3) is 4.75. The van der Waals surface area contributed by atoms with Crippen molar-refractivity contribution < 1.29 is 9.90 Å². The van der Waals surface area contributed by atoms with Gasteiger partial charge in [0.05, 0.1) is 12.4 Å². The molecule has 2 unspecified atom stereocenters. The number of amides is 1. The maximum atomic E-state index is 12.4. The van der Waals surface area contributed by atoms with Crippen LogP contribution in [0.25, 0.3) is 0 Å². The van der Waals surface area contributed by atoms with Crippen LogP contribution in [0.3, 0.4) is 0 Å². The van der Waals surface area contributed by atoms with Gasteiger partial charge in [0.2, 0.25) is 5.91 Å². The fraction of sp³-hybridized carbons (Fsp3) is 0.611. The first-order valence-electron chi connectivity index (χ1n) is 8.14. The molecule has 122 valence electrons. The summed E-state index contributed by atoms with van der Waals surface area (Å²) in [6.07, 6.45) is 4.94. The summed E-state index contributed by atoms with van der Waals surface area (Å²) in [5.41, 5.74) is 2.12. The Bertz CT molecular complexity index is 474. The Balaban J connectivity index is 1.76. The number of carbonyl (C=O) groups excluding carboxylic acids is 1. The van der Waals surface area contributed by atoms with Gasteiger partial charge in [0, 0.05) is 18.8 Å². The minimum Gasteiger partial charge on any atom is -0.392 e. The Morgan fingerprint density at radius 1 is 1.23 bits per heavy atom. The van der Waals surface area contributed by atoms with Crippen molar-refractivity contribution in [2.24, 2.45) is 5.92 Å². The molecular weight excluding hydrogens is 294 g/mol. The molecule has 0 saturated heterocycles. The Labute approximate surface area is 138 Å². The highest BCUT2D eigenvalue weighted by Gasteiger charge is 2.27. The van der Waals surface area contributed by atoms with Crippen LogP contribution in [-0.2, 0) is 17.2 Å². The molecule has 0 bridgehead atoms. The average molecular weight is 321 g/mol. The molecule has 2 atom stereocenters. The third-order valence-electron chi connectivity index (χ3n) is 4.66. The topological polar surface area (TPSA) is 40.5 Å². The van der Waals surface area contributed by atoms with E-state index in [1.807, 2.05) is 36.2 Å². The molecule has 1 N–H and O–H groups in total. The predicted octanol–water partition coefficient (Wildman–Crippen LogP) is 3.45. The summed E-state index contributed by atoms with van der Waals surface area (Å²) >= 11 is 1.67. The highest BCUT2D eigenvalue weighted by Crippen LogP contribution is 2.27. The zero-order valence-electron chi connectivity index (χ0n) is 13.6. The summed E-state index contributed by atoms with van der Waals surface area (Å²) in [5, 5.41) is 9.03. The van der Waals surface area contributed by atoms with E-state index in [0.717, 1.165) is 17.7 Å². The van der Waals surface area contributed by atoms with E-state index in [-0.39, 0.29) is 12.5 Å². The van der Waals surface area contributed by atoms with E-state index in [0.29, 0.717) is 17.7 Å². The van der Waals surface area contributed by atoms with Crippen LogP contribution >= 0.6 is 11.8 Å². The van der Waals surface area contributed by atoms with Crippen LogP contribution in [0.1, 0.15) is 43.7 Å². The molecule has 1 saturated carbocycles. The fourth-order valence-electron chi connectivity index (χ4n) is 3.16. The second-order valence-electron chi connectivity index (χ2n) is 6.30. The SMILES string of the molecule is CC1CCCCC1N(C)C(=O)CSCc1ccc(CO)cc1. The lowest BCUT2D eigenvalue weighted by molar-refractivity contribution is -0.130. The lowest BCUT2D eigenvalue weighted by atomic mass is 9.85. The molecule has 1 aromatic rings. The number of hydrogen-bond acceptors (Lipinski definition) is 3. The zero-order chi connectivity index (χ0) is 15.9. The monoisotopic (exact) mass is 321 g/mol. The standard InChI is InChI=1S/C18H27NO2S/c1-14-5-3-4-6-17(14)19(2)18(21)13-22-12-16-9-7-15(11-20)8-10-16/h7-10,14,17,20H,3-6,11-13H2,1-2H3. The van der Waals surface area contributed by atoms with E-state index in [9.17, 15) is 4.79 Å². The van der Waals surface area contributed by atoms with Crippen LogP contribution in [-0.4, -0.2) is 34.8 Å². The smallest absolute Gasteiger partial charge is 0.232 e. The maximum absolute atomic E-state index is 12.4. The van der Waals surface area contributed by atoms with E-state index in [1.54, 1.807) is 11.8 Å². The number of nitrogens with zero attached hydrogens (tertiary/aromatic N) is 1. The highest BCUT2D eigenvalue weighted by molar-refractivity contribution is 7.99. The van der Waals surface area contributed by atoms with Gasteiger partial charge in [0.15, 0.2) is 0 Å². The first-order valence-corrected chi connectivity index (χ1v) is 9.29. The Morgan fingerprint density at radius 3 is 2.50 bits per heavy atom. The molecule has 0 spiro atoms. The quantitative estimate of drug-likeness (QED) is 0.872. The van der Waals surface area contributed by atoms with E-state index in [4.69, 9.17) is 5.11 Å². The molecule has 0 aliphatic heterocycles. The molecule has 22 heavy (non-hydrogen) atoms. The number of benzene rings is 1. The van der Waals surface area contributed by atoms with Gasteiger partial charge in [-0.1, -0.05) is 44.0 Å². The van der Waals surface area contributed by atoms with Gasteiger partial charge in [0.1, 0.15) is 0 Å². The lowest BCUT2D eigenvalue weighted by Gasteiger charge is -2.36. The van der Waals surface area contributed by atoms with Crippen molar-refractivity contribution in [3.63, 3.8) is 0 Å². The van der Waals surface area contributed by atoms with Crippen LogP contribution in [0, 0.1) is 5.92 Å². The van der Waals surface area contributed by atoms with Gasteiger partial charge in [0.25, 0.3) is 0 Å². The van der Waals surface area contributed by atoms with Gasteiger partial charge in [-0.2, -0.15) is 0 Å². The second kappa shape index (κ2) is 8.59. The summed E-state index contributed by atoms with van der Waals surface area (Å²) in [4.78, 5) is 14.3. The lowest BCUT2D eigenvalue weighted by Crippen LogP contribution is -2.43. The molecule has 1 aliphatic carbocycles. The highest BCUT2D eigenvalue weighted by atomic mass is 32.2. The molecule has 1 fully saturated rings. The van der Waals surface area contributed by atoms with Crippen molar-refractivity contribution in [2.45, 2.75) is 51.0 Å². The molecule has 1 aromatic carbocycles. The van der Waals surface area contributed by atoms with Crippen molar-refractivity contribution in [2.75, 3.05) is 12.8 Å². The molecule has 3 nitrogen and oxygen atoms in total. The Kier molecular flexibility index (Phi) is 6.77. The first-order chi connectivity index (χ1) is 10.6. The molecule has 0 heterocycles. The second-order valence-corrected chi connectivity index (χ2v) is 7.29. The number of hydrogen-bond donors (Lipinski definition) is 1. The van der Waals surface area contributed by atoms with Crippen LogP contribution < -0.4 is 0 Å². The van der Waals surface area contributed by atoms with Crippen molar-refractivity contribution in [1.29, 1.82) is 0 Å². The van der Waals surface area contributed by atoms with Gasteiger partial charge >= 0.3 is 0 Å². The van der Waals surface area contributed by atoms with Crippen LogP contribution in [0.2, 0.25) is 0 Å². The maximum Gasteiger partial charge on any atom is 0.232 e. The first kappa shape index (κ1) is 17.4. The van der Waals surface area contributed by atoms with Gasteiger partial charge in [-0.3, -0.25) is 4.79 Å². The molecule has 1 amide bonds. The normalized spacial score (nSPS) is 21.6. The minimum absolute atomic E-state index is 0.0796. The molecule has 0 radical (unpaired) electrons. The zero-order valence-corrected chi connectivity index (χ0v) is 14.4. The Morgan fingerprint density at radius 2 is 1.86 bits per heavy atom. The molecule has 0 aromatic heterocycles. The summed E-state index contributed by atoms with van der Waals surface area (Å²) < 4.78 is 0. The van der Waals surface area contributed by atoms with Crippen LogP contribution in [0.5, 0.6) is 0 Å². The number of aliphatic hydroxyl groups excluding tert-OH is 1. The summed E-state index contributed by atoms with van der Waals surface area (Å²) in [7, 11) is 1.96. The van der Waals surface area contributed by atoms with E-state index >= 15 is 0 Å². The van der Waals surface area contributed by atoms with Gasteiger partial charge in [-0.25, -0.2) is 0 Å². The van der Waals surface area contributed by atoms with Crippen LogP contribution in [0.4, 0.5) is 0 Å². The van der Waals surface area contributed by atoms with Crippen molar-refractivity contribution in [3.05, 3.63) is 35.4 Å². The van der Waals surface area contributed by atoms with Gasteiger partial charge in [-0.05, 0) is 29.9 Å². The summed E-state index contributed by atoms with van der Waals surface area (Å²) in [5.74, 6) is 2.25. The largest absolute Gasteiger partial charge is 0.392 e. The Hall–Kier alpha value is -1.00. The molecule has 4 heteroatoms. The van der Waals surface area contributed by atoms with E-state index < -0.39 is 0 Å². The van der Waals surface area contributed by atoms with Crippen molar-refractivity contribution in [1.82, 2.24) is 4.90 Å². The van der Waals surface area contributed by atoms with Crippen molar-refractivity contribution >= 4 is 17.7 Å². The minimum atomic E-state index is 0.0796. The van der Waals surface area contributed by atoms with E-state index in [2.05, 4.69) is 6.92 Å². The summed E-state index contributed by atoms with van der Waals surface area (Å²) in [6, 6.07) is 8.35. The number of carbonyl (C=O) groups is 1. The third-order valence-corrected chi connectivity index (χ3v) is 5.65. The molecule has 1 aliphatic rings. The van der Waals surface area contributed by atoms with Gasteiger partial charge in [-0.15, -0.1) is 11.8 Å². The van der Waals surface area contributed by atoms with Crippen LogP contribution in [0.15, 0.2) is 24.3 Å². The molecule has 2 rings (SSSR count). The van der Waals surface area contributed by atoms with Gasteiger partial charge < -0.3 is 10.0 Å². The fourth-order valence-corrected chi connectivity index (χ4v) is 4.06.